The van der Waals surface area contributed by atoms with Crippen LogP contribution in [-0.2, 0) is 6.42 Å². The average Bonchev–Trinajstić information content (AvgIpc) is 2.35. The Labute approximate surface area is 98.0 Å². The van der Waals surface area contributed by atoms with Gasteiger partial charge in [0.25, 0.3) is 0 Å². The molecule has 0 aliphatic rings. The largest absolute Gasteiger partial charge is 0.495 e. The van der Waals surface area contributed by atoms with Crippen LogP contribution in [0.4, 0.5) is 5.69 Å². The van der Waals surface area contributed by atoms with Crippen LogP contribution in [0, 0.1) is 5.92 Å². The molecule has 3 N–H and O–H groups in total. The molecule has 0 saturated carbocycles. The zero-order valence-corrected chi connectivity index (χ0v) is 10.4. The van der Waals surface area contributed by atoms with E-state index in [-0.39, 0.29) is 0 Å². The van der Waals surface area contributed by atoms with Gasteiger partial charge in [0, 0.05) is 6.54 Å². The van der Waals surface area contributed by atoms with Crippen LogP contribution < -0.4 is 15.8 Å². The highest BCUT2D eigenvalue weighted by Crippen LogP contribution is 2.25. The number of rotatable bonds is 6. The number of methoxy groups -OCH3 is 1. The van der Waals surface area contributed by atoms with E-state index in [0.29, 0.717) is 12.5 Å². The third kappa shape index (κ3) is 3.42. The number of hydrogen-bond acceptors (Lipinski definition) is 3. The predicted octanol–water partition coefficient (Wildman–Crippen LogP) is 2.26. The number of anilines is 1. The molecule has 0 radical (unpaired) electrons. The molecular weight excluding hydrogens is 200 g/mol. The Bertz CT molecular complexity index is 326. The Balaban J connectivity index is 2.75. The standard InChI is InChI=1S/C13H22N2O/c1-4-11-5-6-13(16-3)12(7-11)15-9-10(2)8-14/h5-7,10,15H,4,8-9,14H2,1-3H3. The molecular formula is C13H22N2O. The van der Waals surface area contributed by atoms with Crippen molar-refractivity contribution in [2.24, 2.45) is 11.7 Å². The number of nitrogens with one attached hydrogen (secondary N) is 1. The summed E-state index contributed by atoms with van der Waals surface area (Å²) in [4.78, 5) is 0. The quantitative estimate of drug-likeness (QED) is 0.776. The van der Waals surface area contributed by atoms with Crippen LogP contribution >= 0.6 is 0 Å². The minimum Gasteiger partial charge on any atom is -0.495 e. The molecule has 0 heterocycles. The first-order valence-corrected chi connectivity index (χ1v) is 5.82. The topological polar surface area (TPSA) is 47.3 Å². The number of benzene rings is 1. The number of ether oxygens (including phenoxy) is 1. The fraction of sp³-hybridized carbons (Fsp3) is 0.538. The maximum Gasteiger partial charge on any atom is 0.141 e. The molecule has 1 aromatic carbocycles. The normalized spacial score (nSPS) is 12.2. The van der Waals surface area contributed by atoms with Gasteiger partial charge in [0.1, 0.15) is 5.75 Å². The predicted molar refractivity (Wildman–Crippen MR) is 69.1 cm³/mol. The van der Waals surface area contributed by atoms with Crippen LogP contribution in [0.25, 0.3) is 0 Å². The third-order valence-electron chi connectivity index (χ3n) is 2.72. The lowest BCUT2D eigenvalue weighted by Crippen LogP contribution is -2.20. The fourth-order valence-corrected chi connectivity index (χ4v) is 1.48. The molecule has 0 spiro atoms. The van der Waals surface area contributed by atoms with E-state index in [1.165, 1.54) is 5.56 Å². The lowest BCUT2D eigenvalue weighted by Gasteiger charge is -2.15. The monoisotopic (exact) mass is 222 g/mol. The van der Waals surface area contributed by atoms with Crippen molar-refractivity contribution in [2.45, 2.75) is 20.3 Å². The van der Waals surface area contributed by atoms with Gasteiger partial charge in [0.2, 0.25) is 0 Å². The summed E-state index contributed by atoms with van der Waals surface area (Å²) in [5.41, 5.74) is 7.96. The van der Waals surface area contributed by atoms with E-state index in [4.69, 9.17) is 10.5 Å². The average molecular weight is 222 g/mol. The van der Waals surface area contributed by atoms with Crippen LogP contribution in [-0.4, -0.2) is 20.2 Å². The Morgan fingerprint density at radius 2 is 2.19 bits per heavy atom. The molecule has 1 atom stereocenters. The minimum atomic E-state index is 0.468. The van der Waals surface area contributed by atoms with E-state index >= 15 is 0 Å². The molecule has 90 valence electrons. The zero-order chi connectivity index (χ0) is 12.0. The molecule has 0 aromatic heterocycles. The maximum absolute atomic E-state index is 5.59. The highest BCUT2D eigenvalue weighted by atomic mass is 16.5. The third-order valence-corrected chi connectivity index (χ3v) is 2.72. The number of hydrogen-bond donors (Lipinski definition) is 2. The van der Waals surface area contributed by atoms with E-state index in [1.54, 1.807) is 7.11 Å². The summed E-state index contributed by atoms with van der Waals surface area (Å²) >= 11 is 0. The Morgan fingerprint density at radius 3 is 2.75 bits per heavy atom. The van der Waals surface area contributed by atoms with Crippen LogP contribution in [0.5, 0.6) is 5.75 Å². The Kier molecular flexibility index (Phi) is 5.12. The SMILES string of the molecule is CCc1ccc(OC)c(NCC(C)CN)c1. The second kappa shape index (κ2) is 6.38. The zero-order valence-electron chi connectivity index (χ0n) is 10.4. The molecule has 16 heavy (non-hydrogen) atoms. The fourth-order valence-electron chi connectivity index (χ4n) is 1.48. The summed E-state index contributed by atoms with van der Waals surface area (Å²) in [6.45, 7) is 5.85. The van der Waals surface area contributed by atoms with Crippen molar-refractivity contribution in [3.05, 3.63) is 23.8 Å². The van der Waals surface area contributed by atoms with Crippen molar-refractivity contribution < 1.29 is 4.74 Å². The second-order valence-corrected chi connectivity index (χ2v) is 4.11. The van der Waals surface area contributed by atoms with E-state index < -0.39 is 0 Å². The Hall–Kier alpha value is -1.22. The van der Waals surface area contributed by atoms with Crippen molar-refractivity contribution in [1.82, 2.24) is 0 Å². The van der Waals surface area contributed by atoms with E-state index in [9.17, 15) is 0 Å². The van der Waals surface area contributed by atoms with Gasteiger partial charge in [-0.3, -0.25) is 0 Å². The van der Waals surface area contributed by atoms with E-state index in [2.05, 4.69) is 31.3 Å². The summed E-state index contributed by atoms with van der Waals surface area (Å²) in [6, 6.07) is 6.24. The molecule has 1 aromatic rings. The lowest BCUT2D eigenvalue weighted by atomic mass is 10.1. The first kappa shape index (κ1) is 12.8. The summed E-state index contributed by atoms with van der Waals surface area (Å²) < 4.78 is 5.32. The van der Waals surface area contributed by atoms with Gasteiger partial charge in [0.05, 0.1) is 12.8 Å². The second-order valence-electron chi connectivity index (χ2n) is 4.11. The van der Waals surface area contributed by atoms with Gasteiger partial charge >= 0.3 is 0 Å². The molecule has 3 heteroatoms. The van der Waals surface area contributed by atoms with Gasteiger partial charge in [-0.2, -0.15) is 0 Å². The van der Waals surface area contributed by atoms with Crippen LogP contribution in [0.15, 0.2) is 18.2 Å². The molecule has 0 aliphatic heterocycles. The lowest BCUT2D eigenvalue weighted by molar-refractivity contribution is 0.416. The van der Waals surface area contributed by atoms with Crippen LogP contribution in [0.2, 0.25) is 0 Å². The molecule has 1 unspecified atom stereocenters. The first-order chi connectivity index (χ1) is 7.71. The van der Waals surface area contributed by atoms with Gasteiger partial charge < -0.3 is 15.8 Å². The number of nitrogens with two attached hydrogens (primary N) is 1. The molecule has 3 nitrogen and oxygen atoms in total. The molecule has 1 rings (SSSR count). The summed E-state index contributed by atoms with van der Waals surface area (Å²) in [5.74, 6) is 1.36. The molecule has 0 saturated heterocycles. The van der Waals surface area contributed by atoms with Gasteiger partial charge in [-0.25, -0.2) is 0 Å². The highest BCUT2D eigenvalue weighted by molar-refractivity contribution is 5.58. The van der Waals surface area contributed by atoms with Crippen molar-refractivity contribution >= 4 is 5.69 Å². The van der Waals surface area contributed by atoms with Crippen molar-refractivity contribution in [1.29, 1.82) is 0 Å². The van der Waals surface area contributed by atoms with Gasteiger partial charge in [0.15, 0.2) is 0 Å². The maximum atomic E-state index is 5.59. The van der Waals surface area contributed by atoms with Crippen molar-refractivity contribution in [3.63, 3.8) is 0 Å². The molecule has 0 fully saturated rings. The van der Waals surface area contributed by atoms with Crippen LogP contribution in [0.3, 0.4) is 0 Å². The molecule has 0 bridgehead atoms. The minimum absolute atomic E-state index is 0.468. The first-order valence-electron chi connectivity index (χ1n) is 5.82. The number of aryl methyl sites for hydroxylation is 1. The van der Waals surface area contributed by atoms with Gasteiger partial charge in [-0.1, -0.05) is 19.9 Å². The van der Waals surface area contributed by atoms with Crippen molar-refractivity contribution in [3.8, 4) is 5.75 Å². The Morgan fingerprint density at radius 1 is 1.44 bits per heavy atom. The van der Waals surface area contributed by atoms with Gasteiger partial charge in [-0.05, 0) is 36.6 Å². The smallest absolute Gasteiger partial charge is 0.141 e. The summed E-state index contributed by atoms with van der Waals surface area (Å²) in [5, 5.41) is 3.38. The highest BCUT2D eigenvalue weighted by Gasteiger charge is 2.05. The van der Waals surface area contributed by atoms with Gasteiger partial charge in [-0.15, -0.1) is 0 Å². The van der Waals surface area contributed by atoms with Crippen molar-refractivity contribution in [2.75, 3.05) is 25.5 Å². The molecule has 0 aliphatic carbocycles. The van der Waals surface area contributed by atoms with Crippen LogP contribution in [0.1, 0.15) is 19.4 Å². The molecule has 0 amide bonds. The van der Waals surface area contributed by atoms with E-state index in [1.807, 2.05) is 6.07 Å². The summed E-state index contributed by atoms with van der Waals surface area (Å²) in [6.07, 6.45) is 1.03. The van der Waals surface area contributed by atoms with E-state index in [0.717, 1.165) is 24.4 Å². The summed E-state index contributed by atoms with van der Waals surface area (Å²) in [7, 11) is 1.69.